The minimum atomic E-state index is -0.124. The van der Waals surface area contributed by atoms with E-state index in [2.05, 4.69) is 15.7 Å². The van der Waals surface area contributed by atoms with Gasteiger partial charge in [0.25, 0.3) is 5.91 Å². The smallest absolute Gasteiger partial charge is 0.321 e. The first-order valence-corrected chi connectivity index (χ1v) is 9.15. The van der Waals surface area contributed by atoms with Gasteiger partial charge in [-0.15, -0.1) is 0 Å². The summed E-state index contributed by atoms with van der Waals surface area (Å²) in [7, 11) is 0. The number of amides is 3. The fourth-order valence-electron chi connectivity index (χ4n) is 3.62. The molecule has 1 aromatic carbocycles. The molecule has 2 N–H and O–H groups in total. The highest BCUT2D eigenvalue weighted by Crippen LogP contribution is 2.26. The Labute approximate surface area is 156 Å². The van der Waals surface area contributed by atoms with Crippen molar-refractivity contribution in [3.63, 3.8) is 0 Å². The number of aromatic nitrogens is 2. The van der Waals surface area contributed by atoms with Crippen LogP contribution in [0, 0.1) is 0 Å². The molecular weight excluding hydrogens is 354 g/mol. The second-order valence-electron chi connectivity index (χ2n) is 6.62. The van der Waals surface area contributed by atoms with Crippen LogP contribution in [0.15, 0.2) is 30.6 Å². The van der Waals surface area contributed by atoms with Crippen LogP contribution in [0.25, 0.3) is 0 Å². The van der Waals surface area contributed by atoms with E-state index in [0.29, 0.717) is 30.2 Å². The van der Waals surface area contributed by atoms with Crippen molar-refractivity contribution in [3.8, 4) is 0 Å². The van der Waals surface area contributed by atoms with Crippen molar-refractivity contribution in [2.75, 3.05) is 25.0 Å². The van der Waals surface area contributed by atoms with Crippen LogP contribution in [0.3, 0.4) is 0 Å². The van der Waals surface area contributed by atoms with Crippen molar-refractivity contribution >= 4 is 29.2 Å². The molecule has 136 valence electrons. The number of likely N-dealkylation sites (tertiary alicyclic amines) is 1. The number of anilines is 1. The Balaban J connectivity index is 1.41. The molecule has 0 bridgehead atoms. The van der Waals surface area contributed by atoms with Gasteiger partial charge in [-0.3, -0.25) is 9.48 Å². The van der Waals surface area contributed by atoms with E-state index in [4.69, 9.17) is 11.6 Å². The number of hydrogen-bond acceptors (Lipinski definition) is 3. The molecule has 7 nitrogen and oxygen atoms in total. The monoisotopic (exact) mass is 373 g/mol. The number of benzene rings is 1. The van der Waals surface area contributed by atoms with Crippen molar-refractivity contribution in [2.24, 2.45) is 0 Å². The van der Waals surface area contributed by atoms with E-state index in [1.807, 2.05) is 21.8 Å². The van der Waals surface area contributed by atoms with Crippen LogP contribution in [-0.2, 0) is 6.42 Å². The SMILES string of the molecule is O=C1NCCc2c(NC(=O)N3CCC(n4cc(Cl)cn4)CC3)cccc21. The molecule has 0 atom stereocenters. The topological polar surface area (TPSA) is 79.3 Å². The molecule has 8 heteroatoms. The highest BCUT2D eigenvalue weighted by atomic mass is 35.5. The third kappa shape index (κ3) is 3.26. The van der Waals surface area contributed by atoms with Gasteiger partial charge in [0.15, 0.2) is 0 Å². The lowest BCUT2D eigenvalue weighted by atomic mass is 9.98. The number of carbonyl (C=O) groups excluding carboxylic acids is 2. The summed E-state index contributed by atoms with van der Waals surface area (Å²) < 4.78 is 1.88. The summed E-state index contributed by atoms with van der Waals surface area (Å²) in [5.41, 5.74) is 2.28. The Morgan fingerprint density at radius 1 is 1.31 bits per heavy atom. The van der Waals surface area contributed by atoms with Crippen LogP contribution in [0.5, 0.6) is 0 Å². The van der Waals surface area contributed by atoms with E-state index in [9.17, 15) is 9.59 Å². The van der Waals surface area contributed by atoms with Gasteiger partial charge in [-0.2, -0.15) is 5.10 Å². The average molecular weight is 374 g/mol. The number of hydrogen-bond donors (Lipinski definition) is 2. The van der Waals surface area contributed by atoms with Crippen molar-refractivity contribution in [2.45, 2.75) is 25.3 Å². The zero-order valence-electron chi connectivity index (χ0n) is 14.2. The molecule has 3 heterocycles. The van der Waals surface area contributed by atoms with Gasteiger partial charge in [0.1, 0.15) is 0 Å². The minimum absolute atomic E-state index is 0.0824. The van der Waals surface area contributed by atoms with Crippen LogP contribution < -0.4 is 10.6 Å². The molecule has 26 heavy (non-hydrogen) atoms. The number of halogens is 1. The molecule has 0 aliphatic carbocycles. The van der Waals surface area contributed by atoms with Gasteiger partial charge >= 0.3 is 6.03 Å². The third-order valence-electron chi connectivity index (χ3n) is 5.02. The van der Waals surface area contributed by atoms with Gasteiger partial charge < -0.3 is 15.5 Å². The minimum Gasteiger partial charge on any atom is -0.352 e. The van der Waals surface area contributed by atoms with Crippen LogP contribution in [0.1, 0.15) is 34.8 Å². The molecule has 1 saturated heterocycles. The zero-order chi connectivity index (χ0) is 18.1. The summed E-state index contributed by atoms with van der Waals surface area (Å²) in [4.78, 5) is 26.4. The number of piperidine rings is 1. The summed E-state index contributed by atoms with van der Waals surface area (Å²) in [6, 6.07) is 5.59. The first-order chi connectivity index (χ1) is 12.6. The van der Waals surface area contributed by atoms with Crippen LogP contribution >= 0.6 is 11.6 Å². The number of nitrogens with one attached hydrogen (secondary N) is 2. The zero-order valence-corrected chi connectivity index (χ0v) is 15.0. The van der Waals surface area contributed by atoms with E-state index >= 15 is 0 Å². The van der Waals surface area contributed by atoms with Gasteiger partial charge in [-0.1, -0.05) is 17.7 Å². The second kappa shape index (κ2) is 6.99. The molecule has 0 saturated carbocycles. The molecule has 2 aromatic rings. The summed E-state index contributed by atoms with van der Waals surface area (Å²) in [5.74, 6) is -0.0824. The van der Waals surface area contributed by atoms with Crippen molar-refractivity contribution in [1.29, 1.82) is 0 Å². The molecular formula is C18H20ClN5O2. The van der Waals surface area contributed by atoms with E-state index in [1.165, 1.54) is 0 Å². The Kier molecular flexibility index (Phi) is 4.55. The Hall–Kier alpha value is -2.54. The highest BCUT2D eigenvalue weighted by molar-refractivity contribution is 6.30. The van der Waals surface area contributed by atoms with E-state index in [-0.39, 0.29) is 18.0 Å². The maximum Gasteiger partial charge on any atom is 0.321 e. The first kappa shape index (κ1) is 16.9. The summed E-state index contributed by atoms with van der Waals surface area (Å²) in [6.07, 6.45) is 5.85. The molecule has 4 rings (SSSR count). The second-order valence-corrected chi connectivity index (χ2v) is 7.06. The lowest BCUT2D eigenvalue weighted by molar-refractivity contribution is 0.0946. The number of carbonyl (C=O) groups is 2. The number of fused-ring (bicyclic) bond motifs is 1. The molecule has 0 radical (unpaired) electrons. The largest absolute Gasteiger partial charge is 0.352 e. The predicted octanol–water partition coefficient (Wildman–Crippen LogP) is 2.69. The average Bonchev–Trinajstić information content (AvgIpc) is 3.09. The molecule has 1 fully saturated rings. The van der Waals surface area contributed by atoms with E-state index in [1.54, 1.807) is 18.3 Å². The number of urea groups is 1. The Bertz CT molecular complexity index is 842. The molecule has 1 aromatic heterocycles. The van der Waals surface area contributed by atoms with Gasteiger partial charge in [0.05, 0.1) is 17.3 Å². The maximum atomic E-state index is 12.7. The fraction of sp³-hybridized carbons (Fsp3) is 0.389. The molecule has 0 spiro atoms. The quantitative estimate of drug-likeness (QED) is 0.849. The van der Waals surface area contributed by atoms with Gasteiger partial charge in [-0.25, -0.2) is 4.79 Å². The van der Waals surface area contributed by atoms with Crippen LogP contribution in [-0.4, -0.2) is 46.3 Å². The Morgan fingerprint density at radius 2 is 2.12 bits per heavy atom. The molecule has 2 aliphatic rings. The number of nitrogens with zero attached hydrogens (tertiary/aromatic N) is 3. The molecule has 0 unspecified atom stereocenters. The van der Waals surface area contributed by atoms with Gasteiger partial charge in [0, 0.05) is 37.1 Å². The van der Waals surface area contributed by atoms with Crippen molar-refractivity contribution in [1.82, 2.24) is 20.0 Å². The van der Waals surface area contributed by atoms with Crippen LogP contribution in [0.2, 0.25) is 5.02 Å². The number of rotatable bonds is 2. The summed E-state index contributed by atoms with van der Waals surface area (Å²) in [5, 5.41) is 10.7. The van der Waals surface area contributed by atoms with Gasteiger partial charge in [-0.05, 0) is 37.0 Å². The molecule has 2 aliphatic heterocycles. The first-order valence-electron chi connectivity index (χ1n) is 8.77. The normalized spacial score (nSPS) is 17.6. The Morgan fingerprint density at radius 3 is 2.85 bits per heavy atom. The van der Waals surface area contributed by atoms with E-state index in [0.717, 1.165) is 30.5 Å². The van der Waals surface area contributed by atoms with Gasteiger partial charge in [0.2, 0.25) is 0 Å². The predicted molar refractivity (Wildman–Crippen MR) is 98.6 cm³/mol. The maximum absolute atomic E-state index is 12.7. The lowest BCUT2D eigenvalue weighted by Crippen LogP contribution is -2.42. The van der Waals surface area contributed by atoms with Crippen molar-refractivity contribution in [3.05, 3.63) is 46.7 Å². The van der Waals surface area contributed by atoms with Crippen molar-refractivity contribution < 1.29 is 9.59 Å². The fourth-order valence-corrected chi connectivity index (χ4v) is 3.77. The summed E-state index contributed by atoms with van der Waals surface area (Å²) >= 11 is 5.93. The van der Waals surface area contributed by atoms with Crippen LogP contribution in [0.4, 0.5) is 10.5 Å². The standard InChI is InChI=1S/C18H20ClN5O2/c19-12-10-21-24(11-12)13-5-8-23(9-6-13)18(26)22-16-3-1-2-15-14(16)4-7-20-17(15)25/h1-3,10-11,13H,4-9H2,(H,20,25)(H,22,26). The van der Waals surface area contributed by atoms with E-state index < -0.39 is 0 Å². The third-order valence-corrected chi connectivity index (χ3v) is 5.21. The lowest BCUT2D eigenvalue weighted by Gasteiger charge is -2.32. The highest BCUT2D eigenvalue weighted by Gasteiger charge is 2.26. The molecule has 3 amide bonds. The summed E-state index contributed by atoms with van der Waals surface area (Å²) in [6.45, 7) is 1.91.